The van der Waals surface area contributed by atoms with Gasteiger partial charge in [0.1, 0.15) is 0 Å². The van der Waals surface area contributed by atoms with Crippen molar-refractivity contribution in [3.05, 3.63) is 59.7 Å². The normalized spacial score (nSPS) is 11.3. The molecule has 0 aliphatic heterocycles. The number of sulfonamides is 1. The molecule has 2 rings (SSSR count). The smallest absolute Gasteiger partial charge is 0.232 e. The van der Waals surface area contributed by atoms with E-state index in [2.05, 4.69) is 0 Å². The maximum atomic E-state index is 12.6. The van der Waals surface area contributed by atoms with E-state index in [-0.39, 0.29) is 18.9 Å². The van der Waals surface area contributed by atoms with Gasteiger partial charge >= 0.3 is 0 Å². The van der Waals surface area contributed by atoms with E-state index in [1.807, 2.05) is 62.4 Å². The Kier molecular flexibility index (Phi) is 7.02. The number of anilines is 2. The van der Waals surface area contributed by atoms with Crippen molar-refractivity contribution in [1.29, 1.82) is 0 Å². The van der Waals surface area contributed by atoms with Crippen LogP contribution in [0.25, 0.3) is 0 Å². The maximum Gasteiger partial charge on any atom is 0.232 e. The monoisotopic (exact) mass is 388 g/mol. The Morgan fingerprint density at radius 2 is 1.48 bits per heavy atom. The van der Waals surface area contributed by atoms with Gasteiger partial charge in [-0.15, -0.1) is 0 Å². The number of hydrogen-bond acceptors (Lipinski definition) is 3. The largest absolute Gasteiger partial charge is 0.315 e. The van der Waals surface area contributed by atoms with Crippen molar-refractivity contribution in [1.82, 2.24) is 0 Å². The highest BCUT2D eigenvalue weighted by atomic mass is 32.2. The van der Waals surface area contributed by atoms with Crippen LogP contribution >= 0.6 is 0 Å². The summed E-state index contributed by atoms with van der Waals surface area (Å²) in [6.45, 7) is 4.14. The van der Waals surface area contributed by atoms with Gasteiger partial charge in [-0.3, -0.25) is 9.10 Å². The first kappa shape index (κ1) is 21.0. The summed E-state index contributed by atoms with van der Waals surface area (Å²) < 4.78 is 26.4. The molecule has 27 heavy (non-hydrogen) atoms. The van der Waals surface area contributed by atoms with Crippen molar-refractivity contribution < 1.29 is 13.2 Å². The third kappa shape index (κ3) is 5.10. The molecule has 0 heterocycles. The number of nitrogens with zero attached hydrogens (tertiary/aromatic N) is 2. The molecule has 0 spiro atoms. The summed E-state index contributed by atoms with van der Waals surface area (Å²) in [5, 5.41) is 0. The first-order valence-electron chi connectivity index (χ1n) is 9.19. The molecular weight excluding hydrogens is 360 g/mol. The van der Waals surface area contributed by atoms with Gasteiger partial charge in [0.05, 0.1) is 11.9 Å². The van der Waals surface area contributed by atoms with Crippen molar-refractivity contribution >= 4 is 27.3 Å². The first-order valence-corrected chi connectivity index (χ1v) is 11.0. The molecule has 0 radical (unpaired) electrons. The number of hydrogen-bond donors (Lipinski definition) is 0. The Morgan fingerprint density at radius 3 is 1.96 bits per heavy atom. The summed E-state index contributed by atoms with van der Waals surface area (Å²) in [6, 6.07) is 15.2. The van der Waals surface area contributed by atoms with Gasteiger partial charge in [0, 0.05) is 25.7 Å². The quantitative estimate of drug-likeness (QED) is 0.694. The Balaban J connectivity index is 2.29. The van der Waals surface area contributed by atoms with E-state index in [1.165, 1.54) is 10.6 Å². The Morgan fingerprint density at radius 1 is 0.926 bits per heavy atom. The van der Waals surface area contributed by atoms with Gasteiger partial charge < -0.3 is 4.90 Å². The maximum absolute atomic E-state index is 12.6. The summed E-state index contributed by atoms with van der Waals surface area (Å²) >= 11 is 0. The average Bonchev–Trinajstić information content (AvgIpc) is 2.66. The molecule has 0 atom stereocenters. The van der Waals surface area contributed by atoms with Crippen LogP contribution in [-0.2, 0) is 27.7 Å². The van der Waals surface area contributed by atoms with Gasteiger partial charge in [0.25, 0.3) is 0 Å². The van der Waals surface area contributed by atoms with E-state index in [4.69, 9.17) is 0 Å². The minimum absolute atomic E-state index is 0.111. The molecule has 146 valence electrons. The molecule has 0 fully saturated rings. The highest BCUT2D eigenvalue weighted by Crippen LogP contribution is 2.29. The Labute approximate surface area is 162 Å². The molecule has 0 N–H and O–H groups in total. The van der Waals surface area contributed by atoms with E-state index >= 15 is 0 Å². The number of amides is 1. The molecule has 0 saturated carbocycles. The summed E-state index contributed by atoms with van der Waals surface area (Å²) in [5.41, 5.74) is 3.46. The van der Waals surface area contributed by atoms with Gasteiger partial charge in [-0.2, -0.15) is 0 Å². The van der Waals surface area contributed by atoms with E-state index < -0.39 is 10.0 Å². The van der Waals surface area contributed by atoms with Crippen LogP contribution < -0.4 is 9.21 Å². The van der Waals surface area contributed by atoms with Crippen LogP contribution in [-0.4, -0.2) is 34.2 Å². The predicted octanol–water partition coefficient (Wildman–Crippen LogP) is 3.63. The molecule has 2 aromatic carbocycles. The third-order valence-electron chi connectivity index (χ3n) is 4.66. The summed E-state index contributed by atoms with van der Waals surface area (Å²) in [4.78, 5) is 14.2. The minimum Gasteiger partial charge on any atom is -0.315 e. The molecule has 0 aromatic heterocycles. The van der Waals surface area contributed by atoms with Gasteiger partial charge in [-0.25, -0.2) is 8.42 Å². The molecule has 0 saturated heterocycles. The second-order valence-corrected chi connectivity index (χ2v) is 8.41. The van der Waals surface area contributed by atoms with Crippen LogP contribution in [0, 0.1) is 0 Å². The lowest BCUT2D eigenvalue weighted by Crippen LogP contribution is -2.36. The van der Waals surface area contributed by atoms with Crippen molar-refractivity contribution in [2.45, 2.75) is 33.1 Å². The van der Waals surface area contributed by atoms with Crippen LogP contribution in [0.5, 0.6) is 0 Å². The second-order valence-electron chi connectivity index (χ2n) is 6.51. The van der Waals surface area contributed by atoms with E-state index in [1.54, 1.807) is 11.9 Å². The second kappa shape index (κ2) is 9.04. The zero-order valence-corrected chi connectivity index (χ0v) is 17.3. The SMILES string of the molecule is CCc1cccc(CC)c1N(CCC(=O)N(C)c1ccccc1)S(C)(=O)=O. The van der Waals surface area contributed by atoms with Crippen LogP contribution in [0.2, 0.25) is 0 Å². The standard InChI is InChI=1S/C21H28N2O3S/c1-5-17-11-10-12-18(6-2)21(17)23(27(4,25)26)16-15-20(24)22(3)19-13-8-7-9-14-19/h7-14H,5-6,15-16H2,1-4H3. The highest BCUT2D eigenvalue weighted by Gasteiger charge is 2.24. The zero-order valence-electron chi connectivity index (χ0n) is 16.5. The van der Waals surface area contributed by atoms with Crippen LogP contribution in [0.4, 0.5) is 11.4 Å². The lowest BCUT2D eigenvalue weighted by atomic mass is 10.0. The molecule has 0 aliphatic rings. The zero-order chi connectivity index (χ0) is 20.0. The number of benzene rings is 2. The molecule has 1 amide bonds. The fourth-order valence-corrected chi connectivity index (χ4v) is 4.13. The van der Waals surface area contributed by atoms with Gasteiger partial charge in [-0.1, -0.05) is 50.2 Å². The van der Waals surface area contributed by atoms with Crippen LogP contribution in [0.15, 0.2) is 48.5 Å². The van der Waals surface area contributed by atoms with E-state index in [9.17, 15) is 13.2 Å². The fraction of sp³-hybridized carbons (Fsp3) is 0.381. The molecule has 0 bridgehead atoms. The molecule has 5 nitrogen and oxygen atoms in total. The Hall–Kier alpha value is -2.34. The summed E-state index contributed by atoms with van der Waals surface area (Å²) in [7, 11) is -1.80. The topological polar surface area (TPSA) is 57.7 Å². The van der Waals surface area contributed by atoms with Crippen LogP contribution in [0.3, 0.4) is 0 Å². The van der Waals surface area contributed by atoms with Crippen LogP contribution in [0.1, 0.15) is 31.4 Å². The Bertz CT molecular complexity index is 857. The highest BCUT2D eigenvalue weighted by molar-refractivity contribution is 7.92. The van der Waals surface area contributed by atoms with Crippen molar-refractivity contribution in [3.63, 3.8) is 0 Å². The molecule has 0 unspecified atom stereocenters. The van der Waals surface area contributed by atoms with Gasteiger partial charge in [0.15, 0.2) is 0 Å². The predicted molar refractivity (Wildman–Crippen MR) is 112 cm³/mol. The number of rotatable bonds is 8. The number of carbonyl (C=O) groups is 1. The first-order chi connectivity index (χ1) is 12.8. The minimum atomic E-state index is -3.51. The van der Waals surface area contributed by atoms with Crippen molar-refractivity contribution in [2.24, 2.45) is 0 Å². The fourth-order valence-electron chi connectivity index (χ4n) is 3.14. The molecule has 0 aliphatic carbocycles. The van der Waals surface area contributed by atoms with Crippen molar-refractivity contribution in [3.8, 4) is 0 Å². The lowest BCUT2D eigenvalue weighted by molar-refractivity contribution is -0.118. The van der Waals surface area contributed by atoms with Gasteiger partial charge in [0.2, 0.25) is 15.9 Å². The molecule has 2 aromatic rings. The molecule has 6 heteroatoms. The number of carbonyl (C=O) groups excluding carboxylic acids is 1. The van der Waals surface area contributed by atoms with Crippen molar-refractivity contribution in [2.75, 3.05) is 29.1 Å². The van der Waals surface area contributed by atoms with Gasteiger partial charge in [-0.05, 0) is 36.1 Å². The van der Waals surface area contributed by atoms with E-state index in [0.29, 0.717) is 0 Å². The van der Waals surface area contributed by atoms with E-state index in [0.717, 1.165) is 35.3 Å². The summed E-state index contributed by atoms with van der Waals surface area (Å²) in [5.74, 6) is -0.123. The lowest BCUT2D eigenvalue weighted by Gasteiger charge is -2.28. The summed E-state index contributed by atoms with van der Waals surface area (Å²) in [6.07, 6.45) is 2.77. The molecular formula is C21H28N2O3S. The number of aryl methyl sites for hydroxylation is 2. The third-order valence-corrected chi connectivity index (χ3v) is 5.83. The average molecular weight is 389 g/mol. The number of para-hydroxylation sites is 2.